The maximum atomic E-state index is 12.9. The molecule has 5 rings (SSSR count). The molecule has 4 heteroatoms. The number of amides is 1. The second-order valence-corrected chi connectivity index (χ2v) is 12.2. The maximum absolute atomic E-state index is 12.9. The zero-order valence-electron chi connectivity index (χ0n) is 24.4. The van der Waals surface area contributed by atoms with Crippen LogP contribution in [0.1, 0.15) is 90.2 Å². The number of nitrogens with one attached hydrogen (secondary N) is 1. The highest BCUT2D eigenvalue weighted by molar-refractivity contribution is 6.02. The molecule has 1 N–H and O–H groups in total. The molecule has 0 spiro atoms. The lowest BCUT2D eigenvalue weighted by Gasteiger charge is -2.42. The molecule has 1 aliphatic rings. The molecule has 0 unspecified atom stereocenters. The highest BCUT2D eigenvalue weighted by Crippen LogP contribution is 2.46. The number of hydrogen-bond donors (Lipinski definition) is 1. The second-order valence-electron chi connectivity index (χ2n) is 12.2. The van der Waals surface area contributed by atoms with E-state index in [0.29, 0.717) is 12.2 Å². The van der Waals surface area contributed by atoms with Crippen LogP contribution in [0, 0.1) is 6.92 Å². The highest BCUT2D eigenvalue weighted by atomic mass is 16.5. The van der Waals surface area contributed by atoms with Gasteiger partial charge in [0.05, 0.1) is 7.11 Å². The van der Waals surface area contributed by atoms with Gasteiger partial charge in [-0.2, -0.15) is 0 Å². The van der Waals surface area contributed by atoms with E-state index in [0.717, 1.165) is 28.3 Å². The number of ether oxygens (including phenoxy) is 1. The van der Waals surface area contributed by atoms with E-state index in [1.165, 1.54) is 35.1 Å². The summed E-state index contributed by atoms with van der Waals surface area (Å²) in [6.45, 7) is 11.6. The second kappa shape index (κ2) is 10.8. The molecule has 0 radical (unpaired) electrons. The molecule has 1 aliphatic carbocycles. The fourth-order valence-electron chi connectivity index (χ4n) is 5.52. The summed E-state index contributed by atoms with van der Waals surface area (Å²) < 4.78 is 11.2. The molecule has 0 aliphatic heterocycles. The first-order chi connectivity index (χ1) is 19.0. The first kappa shape index (κ1) is 27.5. The van der Waals surface area contributed by atoms with Gasteiger partial charge in [0.2, 0.25) is 0 Å². The molecular formula is C36H39NO3. The van der Waals surface area contributed by atoms with Gasteiger partial charge in [-0.3, -0.25) is 4.79 Å². The van der Waals surface area contributed by atoms with Gasteiger partial charge in [-0.05, 0) is 100 Å². The van der Waals surface area contributed by atoms with Gasteiger partial charge in [0, 0.05) is 12.1 Å². The number of anilines is 1. The molecular weight excluding hydrogens is 494 g/mol. The van der Waals surface area contributed by atoms with E-state index in [2.05, 4.69) is 52.1 Å². The summed E-state index contributed by atoms with van der Waals surface area (Å²) in [5, 5.41) is 2.95. The van der Waals surface area contributed by atoms with Crippen molar-refractivity contribution in [1.29, 1.82) is 0 Å². The largest absolute Gasteiger partial charge is 0.497 e. The summed E-state index contributed by atoms with van der Waals surface area (Å²) in [7, 11) is 1.66. The van der Waals surface area contributed by atoms with Gasteiger partial charge in [-0.25, -0.2) is 0 Å². The molecule has 1 heterocycles. The van der Waals surface area contributed by atoms with Crippen LogP contribution in [0.2, 0.25) is 0 Å². The monoisotopic (exact) mass is 533 g/mol. The molecule has 4 nitrogen and oxygen atoms in total. The molecule has 206 valence electrons. The average Bonchev–Trinajstić information content (AvgIpc) is 3.41. The minimum Gasteiger partial charge on any atom is -0.497 e. The van der Waals surface area contributed by atoms with Gasteiger partial charge in [-0.15, -0.1) is 0 Å². The Morgan fingerprint density at radius 2 is 1.43 bits per heavy atom. The SMILES string of the molecule is COc1ccc(/C=C/c2ccc(NC(=O)c3ccc(Cc4cc5c(cc4C)C(C)(C)CCC5(C)C)o3)cc2)cc1. The van der Waals surface area contributed by atoms with Crippen LogP contribution in [0.3, 0.4) is 0 Å². The fraction of sp³-hybridized carbons (Fsp3) is 0.306. The van der Waals surface area contributed by atoms with Crippen molar-refractivity contribution in [2.45, 2.75) is 64.7 Å². The third kappa shape index (κ3) is 5.91. The lowest BCUT2D eigenvalue weighted by atomic mass is 9.62. The smallest absolute Gasteiger partial charge is 0.291 e. The van der Waals surface area contributed by atoms with Gasteiger partial charge >= 0.3 is 0 Å². The Balaban J connectivity index is 1.24. The molecule has 0 saturated heterocycles. The van der Waals surface area contributed by atoms with Crippen LogP contribution in [-0.4, -0.2) is 13.0 Å². The Kier molecular flexibility index (Phi) is 7.46. The quantitative estimate of drug-likeness (QED) is 0.241. The van der Waals surface area contributed by atoms with E-state index < -0.39 is 0 Å². The van der Waals surface area contributed by atoms with Crippen LogP contribution in [0.25, 0.3) is 12.2 Å². The van der Waals surface area contributed by atoms with Crippen LogP contribution in [0.4, 0.5) is 5.69 Å². The topological polar surface area (TPSA) is 51.5 Å². The standard InChI is InChI=1S/C36H39NO3/c1-24-21-31-32(36(4,5)20-19-35(31,2)3)23-27(24)22-30-17-18-33(40-30)34(38)37-28-13-9-25(10-14-28)7-8-26-11-15-29(39-6)16-12-26/h7-18,21,23H,19-20,22H2,1-6H3,(H,37,38)/b8-7+. The van der Waals surface area contributed by atoms with Gasteiger partial charge in [0.25, 0.3) is 5.91 Å². The zero-order valence-corrected chi connectivity index (χ0v) is 24.4. The molecule has 4 aromatic rings. The first-order valence-corrected chi connectivity index (χ1v) is 14.0. The van der Waals surface area contributed by atoms with Crippen molar-refractivity contribution in [3.05, 3.63) is 118 Å². The van der Waals surface area contributed by atoms with Crippen molar-refractivity contribution in [1.82, 2.24) is 0 Å². The molecule has 1 aromatic heterocycles. The van der Waals surface area contributed by atoms with E-state index >= 15 is 0 Å². The summed E-state index contributed by atoms with van der Waals surface area (Å²) in [5.74, 6) is 1.69. The molecule has 1 amide bonds. The summed E-state index contributed by atoms with van der Waals surface area (Å²) >= 11 is 0. The number of furan rings is 1. The Morgan fingerprint density at radius 3 is 2.02 bits per heavy atom. The van der Waals surface area contributed by atoms with Crippen LogP contribution < -0.4 is 10.1 Å². The lowest BCUT2D eigenvalue weighted by molar-refractivity contribution is 0.0995. The third-order valence-corrected chi connectivity index (χ3v) is 8.31. The van der Waals surface area contributed by atoms with E-state index in [9.17, 15) is 4.79 Å². The third-order valence-electron chi connectivity index (χ3n) is 8.31. The number of fused-ring (bicyclic) bond motifs is 1. The lowest BCUT2D eigenvalue weighted by Crippen LogP contribution is -2.34. The van der Waals surface area contributed by atoms with Gasteiger partial charge in [0.15, 0.2) is 5.76 Å². The van der Waals surface area contributed by atoms with Crippen LogP contribution in [-0.2, 0) is 17.3 Å². The Hall–Kier alpha value is -4.05. The van der Waals surface area contributed by atoms with E-state index in [1.54, 1.807) is 13.2 Å². The minimum atomic E-state index is -0.252. The van der Waals surface area contributed by atoms with E-state index in [4.69, 9.17) is 9.15 Å². The van der Waals surface area contributed by atoms with E-state index in [-0.39, 0.29) is 16.7 Å². The highest BCUT2D eigenvalue weighted by Gasteiger charge is 2.37. The number of aryl methyl sites for hydroxylation is 1. The first-order valence-electron chi connectivity index (χ1n) is 14.0. The van der Waals surface area contributed by atoms with Crippen molar-refractivity contribution in [2.75, 3.05) is 12.4 Å². The zero-order chi connectivity index (χ0) is 28.5. The van der Waals surface area contributed by atoms with E-state index in [1.807, 2.05) is 66.7 Å². The Morgan fingerprint density at radius 1 is 0.850 bits per heavy atom. The van der Waals surface area contributed by atoms with Crippen molar-refractivity contribution in [3.8, 4) is 5.75 Å². The predicted octanol–water partition coefficient (Wildman–Crippen LogP) is 8.96. The van der Waals surface area contributed by atoms with Gasteiger partial charge < -0.3 is 14.5 Å². The predicted molar refractivity (Wildman–Crippen MR) is 164 cm³/mol. The average molecular weight is 534 g/mol. The summed E-state index contributed by atoms with van der Waals surface area (Å²) in [4.78, 5) is 12.9. The normalized spacial score (nSPS) is 15.6. The Labute approximate surface area is 238 Å². The fourth-order valence-corrected chi connectivity index (χ4v) is 5.52. The molecule has 3 aromatic carbocycles. The van der Waals surface area contributed by atoms with Crippen molar-refractivity contribution in [3.63, 3.8) is 0 Å². The molecule has 0 atom stereocenters. The van der Waals surface area contributed by atoms with Crippen molar-refractivity contribution >= 4 is 23.7 Å². The number of benzene rings is 3. The molecule has 0 bridgehead atoms. The molecule has 40 heavy (non-hydrogen) atoms. The number of methoxy groups -OCH3 is 1. The van der Waals surface area contributed by atoms with Crippen LogP contribution in [0.5, 0.6) is 5.75 Å². The number of hydrogen-bond acceptors (Lipinski definition) is 3. The Bertz CT molecular complexity index is 1540. The van der Waals surface area contributed by atoms with Crippen molar-refractivity contribution in [2.24, 2.45) is 0 Å². The summed E-state index contributed by atoms with van der Waals surface area (Å²) in [6.07, 6.45) is 7.13. The maximum Gasteiger partial charge on any atom is 0.291 e. The molecule has 0 fully saturated rings. The number of carbonyl (C=O) groups excluding carboxylic acids is 1. The van der Waals surface area contributed by atoms with Gasteiger partial charge in [0.1, 0.15) is 11.5 Å². The molecule has 0 saturated carbocycles. The van der Waals surface area contributed by atoms with Crippen molar-refractivity contribution < 1.29 is 13.9 Å². The summed E-state index contributed by atoms with van der Waals surface area (Å²) in [6, 6.07) is 24.1. The number of rotatable bonds is 7. The van der Waals surface area contributed by atoms with Crippen LogP contribution >= 0.6 is 0 Å². The minimum absolute atomic E-state index is 0.155. The van der Waals surface area contributed by atoms with Crippen LogP contribution in [0.15, 0.2) is 77.2 Å². The summed E-state index contributed by atoms with van der Waals surface area (Å²) in [5.41, 5.74) is 8.63. The number of carbonyl (C=O) groups is 1. The van der Waals surface area contributed by atoms with Gasteiger partial charge in [-0.1, -0.05) is 76.2 Å².